The van der Waals surface area contributed by atoms with E-state index < -0.39 is 60.4 Å². The highest BCUT2D eigenvalue weighted by Gasteiger charge is 2.53. The Bertz CT molecular complexity index is 954. The smallest absolute Gasteiger partial charge is 0.308 e. The Labute approximate surface area is 196 Å². The molecule has 0 bridgehead atoms. The summed E-state index contributed by atoms with van der Waals surface area (Å²) in [6, 6.07) is 4.90. The predicted octanol–water partition coefficient (Wildman–Crippen LogP) is 1.72. The summed E-state index contributed by atoms with van der Waals surface area (Å²) in [7, 11) is 0. The second-order valence-corrected chi connectivity index (χ2v) is 7.75. The minimum atomic E-state index is -1.32. The zero-order valence-electron chi connectivity index (χ0n) is 19.8. The second kappa shape index (κ2) is 11.6. The van der Waals surface area contributed by atoms with Gasteiger partial charge in [0.15, 0.2) is 18.3 Å². The maximum absolute atomic E-state index is 12.0. The van der Waals surface area contributed by atoms with E-state index in [-0.39, 0.29) is 12.4 Å². The molecule has 1 aliphatic rings. The molecule has 0 aromatic heterocycles. The molecule has 1 aromatic carbocycles. The van der Waals surface area contributed by atoms with Gasteiger partial charge in [-0.15, -0.1) is 0 Å². The molecular formula is C23H28O11. The molecule has 0 amide bonds. The lowest BCUT2D eigenvalue weighted by Gasteiger charge is -2.44. The van der Waals surface area contributed by atoms with E-state index in [1.54, 1.807) is 25.1 Å². The first-order chi connectivity index (χ1) is 15.9. The van der Waals surface area contributed by atoms with Crippen LogP contribution in [0, 0.1) is 6.92 Å². The lowest BCUT2D eigenvalue weighted by atomic mass is 9.89. The molecule has 34 heavy (non-hydrogen) atoms. The summed E-state index contributed by atoms with van der Waals surface area (Å²) in [5.41, 5.74) is 1.08. The van der Waals surface area contributed by atoms with Crippen LogP contribution in [0.4, 0.5) is 0 Å². The van der Waals surface area contributed by atoms with Crippen molar-refractivity contribution < 1.29 is 52.4 Å². The highest BCUT2D eigenvalue weighted by Crippen LogP contribution is 2.41. The molecule has 1 saturated heterocycles. The largest absolute Gasteiger partial charge is 0.463 e. The standard InChI is InChI=1S/C23H28O11/c1-11-7-8-18(30-13(3)25)17(9-11)20-22(32-15(5)27)23(33-16(6)28)21(31-14(4)26)19(34-20)10-29-12(2)24/h7-9,19-23H,10H2,1-6H3/t19-,20?,21-,22+,23+/m1/s1. The lowest BCUT2D eigenvalue weighted by molar-refractivity contribution is -0.254. The van der Waals surface area contributed by atoms with Gasteiger partial charge in [-0.3, -0.25) is 24.0 Å². The van der Waals surface area contributed by atoms with Crippen LogP contribution in [0.5, 0.6) is 5.75 Å². The fraction of sp³-hybridized carbons (Fsp3) is 0.522. The number of hydrogen-bond acceptors (Lipinski definition) is 11. The topological polar surface area (TPSA) is 141 Å². The van der Waals surface area contributed by atoms with E-state index in [1.807, 2.05) is 0 Å². The monoisotopic (exact) mass is 480 g/mol. The zero-order chi connectivity index (χ0) is 25.6. The first-order valence-corrected chi connectivity index (χ1v) is 10.5. The van der Waals surface area contributed by atoms with Crippen LogP contribution in [0.1, 0.15) is 51.8 Å². The third-order valence-corrected chi connectivity index (χ3v) is 4.72. The molecule has 5 atom stereocenters. The van der Waals surface area contributed by atoms with Gasteiger partial charge in [0.2, 0.25) is 0 Å². The molecule has 1 fully saturated rings. The predicted molar refractivity (Wildman–Crippen MR) is 113 cm³/mol. The van der Waals surface area contributed by atoms with E-state index in [2.05, 4.69) is 0 Å². The molecule has 11 heteroatoms. The maximum Gasteiger partial charge on any atom is 0.308 e. The van der Waals surface area contributed by atoms with Gasteiger partial charge in [-0.1, -0.05) is 11.6 Å². The van der Waals surface area contributed by atoms with Crippen molar-refractivity contribution in [1.82, 2.24) is 0 Å². The second-order valence-electron chi connectivity index (χ2n) is 7.75. The van der Waals surface area contributed by atoms with Gasteiger partial charge >= 0.3 is 29.8 Å². The van der Waals surface area contributed by atoms with Crippen LogP contribution in [-0.4, -0.2) is 60.9 Å². The zero-order valence-corrected chi connectivity index (χ0v) is 19.8. The Morgan fingerprint density at radius 3 is 1.85 bits per heavy atom. The number of aryl methyl sites for hydroxylation is 1. The molecule has 2 rings (SSSR count). The number of rotatable bonds is 7. The van der Waals surface area contributed by atoms with Crippen molar-refractivity contribution in [2.24, 2.45) is 0 Å². The van der Waals surface area contributed by atoms with Gasteiger partial charge in [0, 0.05) is 40.2 Å². The van der Waals surface area contributed by atoms with Crippen LogP contribution < -0.4 is 4.74 Å². The number of ether oxygens (including phenoxy) is 6. The van der Waals surface area contributed by atoms with Gasteiger partial charge in [0.05, 0.1) is 0 Å². The molecule has 1 unspecified atom stereocenters. The Balaban J connectivity index is 2.67. The summed E-state index contributed by atoms with van der Waals surface area (Å²) < 4.78 is 32.8. The first-order valence-electron chi connectivity index (χ1n) is 10.5. The molecular weight excluding hydrogens is 452 g/mol. The molecule has 0 spiro atoms. The average molecular weight is 480 g/mol. The number of benzene rings is 1. The van der Waals surface area contributed by atoms with Crippen molar-refractivity contribution in [3.63, 3.8) is 0 Å². The number of carbonyl (C=O) groups excluding carboxylic acids is 5. The minimum Gasteiger partial charge on any atom is -0.463 e. The highest BCUT2D eigenvalue weighted by atomic mass is 16.7. The SMILES string of the molecule is CC(=O)OC[C@H]1OC(c2cc(C)ccc2OC(C)=O)[C@H](OC(C)=O)[C@@H](OC(C)=O)[C@@H]1OC(C)=O. The molecule has 1 aromatic rings. The van der Waals surface area contributed by atoms with E-state index in [9.17, 15) is 24.0 Å². The Kier molecular flexibility index (Phi) is 9.13. The van der Waals surface area contributed by atoms with Gasteiger partial charge in [0.25, 0.3) is 0 Å². The highest BCUT2D eigenvalue weighted by molar-refractivity contribution is 5.70. The summed E-state index contributed by atoms with van der Waals surface area (Å²) in [5.74, 6) is -3.29. The molecule has 0 aliphatic carbocycles. The third-order valence-electron chi connectivity index (χ3n) is 4.72. The molecule has 1 heterocycles. The van der Waals surface area contributed by atoms with Gasteiger partial charge in [-0.05, 0) is 19.1 Å². The van der Waals surface area contributed by atoms with E-state index in [0.29, 0.717) is 5.56 Å². The van der Waals surface area contributed by atoms with Crippen molar-refractivity contribution >= 4 is 29.8 Å². The maximum atomic E-state index is 12.0. The van der Waals surface area contributed by atoms with Crippen molar-refractivity contribution in [2.45, 2.75) is 72.1 Å². The summed E-state index contributed by atoms with van der Waals surface area (Å²) in [5, 5.41) is 0. The van der Waals surface area contributed by atoms with Crippen molar-refractivity contribution in [3.8, 4) is 5.75 Å². The van der Waals surface area contributed by atoms with Gasteiger partial charge in [-0.25, -0.2) is 0 Å². The van der Waals surface area contributed by atoms with Crippen LogP contribution >= 0.6 is 0 Å². The Morgan fingerprint density at radius 1 is 0.765 bits per heavy atom. The summed E-state index contributed by atoms with van der Waals surface area (Å²) in [6.07, 6.45) is -6.15. The quantitative estimate of drug-likeness (QED) is 0.320. The Morgan fingerprint density at radius 2 is 1.32 bits per heavy atom. The van der Waals surface area contributed by atoms with Crippen LogP contribution in [0.15, 0.2) is 18.2 Å². The molecule has 0 N–H and O–H groups in total. The minimum absolute atomic E-state index is 0.124. The molecule has 0 radical (unpaired) electrons. The van der Waals surface area contributed by atoms with Gasteiger partial charge in [0.1, 0.15) is 24.6 Å². The lowest BCUT2D eigenvalue weighted by Crippen LogP contribution is -2.59. The van der Waals surface area contributed by atoms with Crippen molar-refractivity contribution in [1.29, 1.82) is 0 Å². The number of carbonyl (C=O) groups is 5. The fourth-order valence-corrected chi connectivity index (χ4v) is 3.62. The molecule has 186 valence electrons. The van der Waals surface area contributed by atoms with E-state index in [1.165, 1.54) is 13.8 Å². The number of hydrogen-bond donors (Lipinski definition) is 0. The van der Waals surface area contributed by atoms with Crippen molar-refractivity contribution in [3.05, 3.63) is 29.3 Å². The summed E-state index contributed by atoms with van der Waals surface area (Å²) in [4.78, 5) is 58.9. The van der Waals surface area contributed by atoms with E-state index in [4.69, 9.17) is 28.4 Å². The molecule has 1 aliphatic heterocycles. The first kappa shape index (κ1) is 26.8. The van der Waals surface area contributed by atoms with Crippen LogP contribution in [0.25, 0.3) is 0 Å². The van der Waals surface area contributed by atoms with E-state index >= 15 is 0 Å². The Hall–Kier alpha value is -3.47. The number of esters is 5. The van der Waals surface area contributed by atoms with Gasteiger partial charge in [-0.2, -0.15) is 0 Å². The summed E-state index contributed by atoms with van der Waals surface area (Å²) >= 11 is 0. The van der Waals surface area contributed by atoms with Crippen LogP contribution in [0.2, 0.25) is 0 Å². The summed E-state index contributed by atoms with van der Waals surface area (Å²) in [6.45, 7) is 7.26. The molecule has 11 nitrogen and oxygen atoms in total. The van der Waals surface area contributed by atoms with Crippen LogP contribution in [0.3, 0.4) is 0 Å². The van der Waals surface area contributed by atoms with Crippen molar-refractivity contribution in [2.75, 3.05) is 6.61 Å². The fourth-order valence-electron chi connectivity index (χ4n) is 3.62. The van der Waals surface area contributed by atoms with Crippen LogP contribution in [-0.2, 0) is 47.7 Å². The third kappa shape index (κ3) is 7.27. The molecule has 0 saturated carbocycles. The average Bonchev–Trinajstić information content (AvgIpc) is 2.69. The van der Waals surface area contributed by atoms with Gasteiger partial charge < -0.3 is 28.4 Å². The normalized spacial score (nSPS) is 23.9. The van der Waals surface area contributed by atoms with E-state index in [0.717, 1.165) is 26.3 Å².